The maximum absolute atomic E-state index is 13.1. The van der Waals surface area contributed by atoms with Crippen molar-refractivity contribution in [2.45, 2.75) is 406 Å². The van der Waals surface area contributed by atoms with Crippen LogP contribution in [-0.4, -0.2) is 96.7 Å². The van der Waals surface area contributed by atoms with Crippen molar-refractivity contribution in [3.05, 3.63) is 0 Å². The Morgan fingerprint density at radius 3 is 0.763 bits per heavy atom. The van der Waals surface area contributed by atoms with Crippen molar-refractivity contribution in [1.82, 2.24) is 0 Å². The van der Waals surface area contributed by atoms with E-state index in [1.807, 2.05) is 0 Å². The van der Waals surface area contributed by atoms with E-state index >= 15 is 0 Å². The first-order valence-electron chi connectivity index (χ1n) is 38.7. The Morgan fingerprint density at radius 1 is 0.301 bits per heavy atom. The Kier molecular flexibility index (Phi) is 65.9. The van der Waals surface area contributed by atoms with Gasteiger partial charge in [0.25, 0.3) is 0 Å². The number of hydrogen-bond donors (Lipinski definition) is 3. The zero-order valence-electron chi connectivity index (χ0n) is 60.4. The van der Waals surface area contributed by atoms with Gasteiger partial charge in [-0.3, -0.25) is 37.3 Å². The molecule has 93 heavy (non-hydrogen) atoms. The topological polar surface area (TPSA) is 237 Å². The molecule has 0 aromatic carbocycles. The molecule has 0 aliphatic carbocycles. The van der Waals surface area contributed by atoms with Gasteiger partial charge in [-0.15, -0.1) is 0 Å². The minimum atomic E-state index is -4.95. The molecule has 0 fully saturated rings. The summed E-state index contributed by atoms with van der Waals surface area (Å²) in [6.45, 7) is 7.23. The van der Waals surface area contributed by atoms with Crippen LogP contribution in [0.1, 0.15) is 388 Å². The molecule has 3 N–H and O–H groups in total. The lowest BCUT2D eigenvalue weighted by Gasteiger charge is -2.21. The number of rotatable bonds is 74. The Balaban J connectivity index is 5.16. The van der Waals surface area contributed by atoms with Crippen molar-refractivity contribution >= 4 is 39.5 Å². The van der Waals surface area contributed by atoms with E-state index in [0.29, 0.717) is 25.7 Å². The van der Waals surface area contributed by atoms with Gasteiger partial charge in [0, 0.05) is 25.7 Å². The molecule has 0 bridgehead atoms. The highest BCUT2D eigenvalue weighted by Gasteiger charge is 2.30. The van der Waals surface area contributed by atoms with Crippen LogP contribution in [0.25, 0.3) is 0 Å². The lowest BCUT2D eigenvalue weighted by atomic mass is 9.99. The van der Waals surface area contributed by atoms with E-state index in [2.05, 4.69) is 34.6 Å². The van der Waals surface area contributed by atoms with Gasteiger partial charge in [-0.05, 0) is 31.6 Å². The molecule has 6 atom stereocenters. The molecule has 0 aromatic heterocycles. The zero-order chi connectivity index (χ0) is 68.4. The van der Waals surface area contributed by atoms with Gasteiger partial charge in [-0.1, -0.05) is 336 Å². The number of phosphoric ester groups is 2. The van der Waals surface area contributed by atoms with E-state index in [0.717, 1.165) is 109 Å². The summed E-state index contributed by atoms with van der Waals surface area (Å²) < 4.78 is 68.3. The maximum atomic E-state index is 13.1. The third kappa shape index (κ3) is 67.0. The number of phosphoric acid groups is 2. The van der Waals surface area contributed by atoms with E-state index in [4.69, 9.17) is 37.0 Å². The number of ether oxygens (including phenoxy) is 4. The van der Waals surface area contributed by atoms with Gasteiger partial charge in [0.15, 0.2) is 12.2 Å². The highest BCUT2D eigenvalue weighted by molar-refractivity contribution is 7.47. The summed E-state index contributed by atoms with van der Waals surface area (Å²) >= 11 is 0. The molecule has 0 radical (unpaired) electrons. The zero-order valence-corrected chi connectivity index (χ0v) is 62.2. The third-order valence-corrected chi connectivity index (χ3v) is 19.5. The average Bonchev–Trinajstić information content (AvgIpc) is 2.07. The molecule has 552 valence electrons. The summed E-state index contributed by atoms with van der Waals surface area (Å²) in [5, 5.41) is 10.6. The smallest absolute Gasteiger partial charge is 0.462 e. The molecule has 17 nitrogen and oxygen atoms in total. The van der Waals surface area contributed by atoms with Crippen LogP contribution in [0.3, 0.4) is 0 Å². The number of hydrogen-bond acceptors (Lipinski definition) is 15. The largest absolute Gasteiger partial charge is 0.472 e. The molecule has 0 aliphatic heterocycles. The molecule has 19 heteroatoms. The van der Waals surface area contributed by atoms with Crippen molar-refractivity contribution in [2.24, 2.45) is 5.92 Å². The Labute approximate surface area is 568 Å². The second-order valence-electron chi connectivity index (χ2n) is 26.9. The molecule has 0 spiro atoms. The first-order valence-corrected chi connectivity index (χ1v) is 41.7. The minimum absolute atomic E-state index is 0.105. The molecule has 0 saturated heterocycles. The van der Waals surface area contributed by atoms with E-state index in [9.17, 15) is 43.2 Å². The van der Waals surface area contributed by atoms with E-state index < -0.39 is 97.5 Å². The molecule has 0 aliphatic rings. The molecule has 0 saturated carbocycles. The monoisotopic (exact) mass is 1370 g/mol. The molecule has 3 unspecified atom stereocenters. The van der Waals surface area contributed by atoms with Crippen molar-refractivity contribution in [1.29, 1.82) is 0 Å². The molecule has 0 aromatic rings. The van der Waals surface area contributed by atoms with Crippen LogP contribution >= 0.6 is 15.6 Å². The summed E-state index contributed by atoms with van der Waals surface area (Å²) in [7, 11) is -9.90. The molecular weight excluding hydrogens is 1220 g/mol. The van der Waals surface area contributed by atoms with Gasteiger partial charge in [0.1, 0.15) is 19.3 Å². The number of esters is 4. The Bertz CT molecular complexity index is 1790. The Hall–Kier alpha value is -1.94. The average molecular weight is 1370 g/mol. The number of unbranched alkanes of at least 4 members (excludes halogenated alkanes) is 45. The van der Waals surface area contributed by atoms with Crippen LogP contribution in [0.4, 0.5) is 0 Å². The fourth-order valence-corrected chi connectivity index (χ4v) is 12.9. The number of aliphatic hydroxyl groups excluding tert-OH is 1. The summed E-state index contributed by atoms with van der Waals surface area (Å²) in [5.74, 6) is -1.35. The van der Waals surface area contributed by atoms with Crippen LogP contribution < -0.4 is 0 Å². The van der Waals surface area contributed by atoms with Crippen LogP contribution in [0.15, 0.2) is 0 Å². The van der Waals surface area contributed by atoms with Gasteiger partial charge in [0.05, 0.1) is 26.4 Å². The minimum Gasteiger partial charge on any atom is -0.462 e. The van der Waals surface area contributed by atoms with Crippen molar-refractivity contribution in [3.63, 3.8) is 0 Å². The fourth-order valence-electron chi connectivity index (χ4n) is 11.3. The van der Waals surface area contributed by atoms with E-state index in [-0.39, 0.29) is 25.7 Å². The summed E-state index contributed by atoms with van der Waals surface area (Å²) in [6.07, 6.45) is 55.7. The van der Waals surface area contributed by atoms with Gasteiger partial charge in [-0.25, -0.2) is 9.13 Å². The highest BCUT2D eigenvalue weighted by Crippen LogP contribution is 2.45. The van der Waals surface area contributed by atoms with Crippen molar-refractivity contribution in [3.8, 4) is 0 Å². The number of carbonyl (C=O) groups is 4. The SMILES string of the molecule is CCCCCCCCCCCCCCCCCCCCCCCC(=O)O[C@H](COC(=O)CCCCCCCCCCCCCCC)COP(=O)(O)OC[C@@H](O)COP(=O)(O)OC[C@@H](COC(=O)CCCCCCCCC)OC(=O)CCCCCCCCCCC(C)CC. The van der Waals surface area contributed by atoms with E-state index in [1.165, 1.54) is 199 Å². The quantitative estimate of drug-likeness (QED) is 0.0222. The molecule has 0 amide bonds. The molecule has 0 heterocycles. The molecular formula is C74H144O17P2. The lowest BCUT2D eigenvalue weighted by molar-refractivity contribution is -0.161. The Morgan fingerprint density at radius 2 is 0.516 bits per heavy atom. The van der Waals surface area contributed by atoms with Crippen LogP contribution in [0, 0.1) is 5.92 Å². The first kappa shape index (κ1) is 91.1. The predicted molar refractivity (Wildman–Crippen MR) is 377 cm³/mol. The van der Waals surface area contributed by atoms with Crippen LogP contribution in [0.2, 0.25) is 0 Å². The summed E-state index contributed by atoms with van der Waals surface area (Å²) in [4.78, 5) is 72.6. The van der Waals surface area contributed by atoms with Crippen molar-refractivity contribution < 1.29 is 80.2 Å². The fraction of sp³-hybridized carbons (Fsp3) is 0.946. The summed E-state index contributed by atoms with van der Waals surface area (Å²) in [6, 6.07) is 0. The van der Waals surface area contributed by atoms with Gasteiger partial charge < -0.3 is 33.8 Å². The number of carbonyl (C=O) groups excluding carboxylic acids is 4. The predicted octanol–water partition coefficient (Wildman–Crippen LogP) is 21.7. The van der Waals surface area contributed by atoms with Gasteiger partial charge in [0.2, 0.25) is 0 Å². The summed E-state index contributed by atoms with van der Waals surface area (Å²) in [5.41, 5.74) is 0. The lowest BCUT2D eigenvalue weighted by Crippen LogP contribution is -2.30. The standard InChI is InChI=1S/C74H144O17P2/c1-6-10-13-16-19-21-23-25-26-27-28-29-30-31-32-34-36-38-44-49-54-59-73(78)90-70(64-85-72(77)58-53-48-43-37-35-33-24-22-20-17-14-11-7-2)66-89-93(82,83)87-62-68(75)61-86-92(80,81)88-65-69(63-84-71(76)57-52-47-41-18-15-12-8-3)91-74(79)60-55-50-45-40-39-42-46-51-56-67(5)9-4/h67-70,75H,6-66H2,1-5H3,(H,80,81)(H,82,83)/t67?,68-,69+,70+/m0/s1. The number of aliphatic hydroxyl groups is 1. The van der Waals surface area contributed by atoms with Gasteiger partial charge >= 0.3 is 39.5 Å². The van der Waals surface area contributed by atoms with Crippen LogP contribution in [-0.2, 0) is 65.4 Å². The van der Waals surface area contributed by atoms with Crippen molar-refractivity contribution in [2.75, 3.05) is 39.6 Å². The van der Waals surface area contributed by atoms with E-state index in [1.54, 1.807) is 0 Å². The maximum Gasteiger partial charge on any atom is 0.472 e. The third-order valence-electron chi connectivity index (χ3n) is 17.6. The normalized spacial score (nSPS) is 14.3. The van der Waals surface area contributed by atoms with Crippen LogP contribution in [0.5, 0.6) is 0 Å². The molecule has 0 rings (SSSR count). The second kappa shape index (κ2) is 67.3. The second-order valence-corrected chi connectivity index (χ2v) is 29.8. The first-order chi connectivity index (χ1) is 45.1. The van der Waals surface area contributed by atoms with Gasteiger partial charge in [-0.2, -0.15) is 0 Å². The highest BCUT2D eigenvalue weighted by atomic mass is 31.2.